The minimum Gasteiger partial charge on any atom is -0.326 e. The van der Waals surface area contributed by atoms with E-state index in [4.69, 9.17) is 5.73 Å². The number of hydrogen-bond donors (Lipinski definition) is 1. The van der Waals surface area contributed by atoms with Crippen molar-refractivity contribution in [3.63, 3.8) is 0 Å². The van der Waals surface area contributed by atoms with Gasteiger partial charge in [0.1, 0.15) is 0 Å². The second-order valence-electron chi connectivity index (χ2n) is 5.62. The van der Waals surface area contributed by atoms with Crippen molar-refractivity contribution in [2.45, 2.75) is 18.5 Å². The van der Waals surface area contributed by atoms with Crippen molar-refractivity contribution in [3.05, 3.63) is 71.3 Å². The van der Waals surface area contributed by atoms with Crippen molar-refractivity contribution >= 4 is 0 Å². The average molecular weight is 288 g/mol. The monoisotopic (exact) mass is 288 g/mol. The van der Waals surface area contributed by atoms with Gasteiger partial charge in [0.25, 0.3) is 0 Å². The van der Waals surface area contributed by atoms with Crippen LogP contribution in [0.25, 0.3) is 0 Å². The Labute approximate surface area is 123 Å². The second-order valence-corrected chi connectivity index (χ2v) is 5.62. The van der Waals surface area contributed by atoms with Gasteiger partial charge in [0.15, 0.2) is 11.6 Å². The van der Waals surface area contributed by atoms with E-state index in [9.17, 15) is 8.78 Å². The smallest absolute Gasteiger partial charge is 0.159 e. The van der Waals surface area contributed by atoms with Crippen LogP contribution in [0.5, 0.6) is 0 Å². The first-order valence-electron chi connectivity index (χ1n) is 7.10. The molecule has 1 aliphatic rings. The number of benzene rings is 2. The molecule has 2 aromatic rings. The summed E-state index contributed by atoms with van der Waals surface area (Å²) >= 11 is 0. The maximum absolute atomic E-state index is 13.3. The maximum Gasteiger partial charge on any atom is 0.159 e. The molecule has 0 radical (unpaired) electrons. The Morgan fingerprint density at radius 2 is 1.76 bits per heavy atom. The van der Waals surface area contributed by atoms with E-state index in [0.717, 1.165) is 18.7 Å². The SMILES string of the molecule is N[C@@H]1CN(Cc2ccc(F)c(F)c2)C[C@H]1c1ccccc1. The van der Waals surface area contributed by atoms with Gasteiger partial charge in [-0.25, -0.2) is 8.78 Å². The van der Waals surface area contributed by atoms with E-state index in [1.165, 1.54) is 17.7 Å². The topological polar surface area (TPSA) is 29.3 Å². The Hall–Kier alpha value is -1.78. The average Bonchev–Trinajstić information content (AvgIpc) is 2.84. The Morgan fingerprint density at radius 1 is 1.00 bits per heavy atom. The Kier molecular flexibility index (Phi) is 3.99. The molecule has 0 spiro atoms. The van der Waals surface area contributed by atoms with Crippen LogP contribution in [0.4, 0.5) is 8.78 Å². The number of halogens is 2. The zero-order valence-electron chi connectivity index (χ0n) is 11.7. The summed E-state index contributed by atoms with van der Waals surface area (Å²) in [6.45, 7) is 2.19. The number of likely N-dealkylation sites (tertiary alicyclic amines) is 1. The Balaban J connectivity index is 1.70. The van der Waals surface area contributed by atoms with Gasteiger partial charge in [-0.2, -0.15) is 0 Å². The maximum atomic E-state index is 13.3. The highest BCUT2D eigenvalue weighted by atomic mass is 19.2. The van der Waals surface area contributed by atoms with Gasteiger partial charge in [0.05, 0.1) is 0 Å². The van der Waals surface area contributed by atoms with Crippen LogP contribution in [0, 0.1) is 11.6 Å². The van der Waals surface area contributed by atoms with Crippen LogP contribution in [-0.2, 0) is 6.54 Å². The van der Waals surface area contributed by atoms with Crippen LogP contribution in [0.2, 0.25) is 0 Å². The van der Waals surface area contributed by atoms with E-state index in [2.05, 4.69) is 17.0 Å². The minimum absolute atomic E-state index is 0.0673. The van der Waals surface area contributed by atoms with Crippen LogP contribution in [0.3, 0.4) is 0 Å². The standard InChI is InChI=1S/C17H18F2N2/c18-15-7-6-12(8-16(15)19)9-21-10-14(17(20)11-21)13-4-2-1-3-5-13/h1-8,14,17H,9-11,20H2/t14-,17+/m0/s1. The fraction of sp³-hybridized carbons (Fsp3) is 0.294. The lowest BCUT2D eigenvalue weighted by atomic mass is 9.95. The Morgan fingerprint density at radius 3 is 2.48 bits per heavy atom. The van der Waals surface area contributed by atoms with Gasteiger partial charge in [-0.15, -0.1) is 0 Å². The van der Waals surface area contributed by atoms with Crippen molar-refractivity contribution in [2.24, 2.45) is 5.73 Å². The van der Waals surface area contributed by atoms with Crippen LogP contribution in [-0.4, -0.2) is 24.0 Å². The first kappa shape index (κ1) is 14.2. The highest BCUT2D eigenvalue weighted by Crippen LogP contribution is 2.27. The van der Waals surface area contributed by atoms with Crippen molar-refractivity contribution in [2.75, 3.05) is 13.1 Å². The first-order valence-corrected chi connectivity index (χ1v) is 7.10. The lowest BCUT2D eigenvalue weighted by molar-refractivity contribution is 0.323. The molecule has 1 fully saturated rings. The fourth-order valence-electron chi connectivity index (χ4n) is 2.99. The molecular formula is C17H18F2N2. The molecule has 2 atom stereocenters. The fourth-order valence-corrected chi connectivity index (χ4v) is 2.99. The lowest BCUT2D eigenvalue weighted by Gasteiger charge is -2.16. The molecule has 4 heteroatoms. The number of nitrogens with two attached hydrogens (primary N) is 1. The largest absolute Gasteiger partial charge is 0.326 e. The summed E-state index contributed by atoms with van der Waals surface area (Å²) in [5.41, 5.74) is 8.24. The molecular weight excluding hydrogens is 270 g/mol. The summed E-state index contributed by atoms with van der Waals surface area (Å²) in [6, 6.07) is 14.3. The highest BCUT2D eigenvalue weighted by molar-refractivity contribution is 5.24. The summed E-state index contributed by atoms with van der Waals surface area (Å²) in [6.07, 6.45) is 0. The molecule has 1 aliphatic heterocycles. The lowest BCUT2D eigenvalue weighted by Crippen LogP contribution is -2.28. The molecule has 0 aromatic heterocycles. The van der Waals surface area contributed by atoms with Crippen molar-refractivity contribution in [3.8, 4) is 0 Å². The van der Waals surface area contributed by atoms with E-state index >= 15 is 0 Å². The van der Waals surface area contributed by atoms with E-state index in [-0.39, 0.29) is 12.0 Å². The highest BCUT2D eigenvalue weighted by Gasteiger charge is 2.31. The van der Waals surface area contributed by atoms with E-state index < -0.39 is 11.6 Å². The molecule has 0 bridgehead atoms. The predicted molar refractivity (Wildman–Crippen MR) is 78.8 cm³/mol. The predicted octanol–water partition coefficient (Wildman–Crippen LogP) is 2.89. The molecule has 0 amide bonds. The van der Waals surface area contributed by atoms with Crippen LogP contribution in [0.15, 0.2) is 48.5 Å². The molecule has 2 nitrogen and oxygen atoms in total. The van der Waals surface area contributed by atoms with E-state index in [0.29, 0.717) is 6.54 Å². The minimum atomic E-state index is -0.806. The van der Waals surface area contributed by atoms with Gasteiger partial charge < -0.3 is 5.73 Å². The third kappa shape index (κ3) is 3.12. The van der Waals surface area contributed by atoms with E-state index in [1.807, 2.05) is 18.2 Å². The van der Waals surface area contributed by atoms with Crippen LogP contribution < -0.4 is 5.73 Å². The molecule has 110 valence electrons. The van der Waals surface area contributed by atoms with E-state index in [1.54, 1.807) is 6.07 Å². The molecule has 2 aromatic carbocycles. The molecule has 3 rings (SSSR count). The summed E-state index contributed by atoms with van der Waals surface area (Å²) in [7, 11) is 0. The summed E-state index contributed by atoms with van der Waals surface area (Å²) < 4.78 is 26.2. The van der Waals surface area contributed by atoms with Gasteiger partial charge in [0, 0.05) is 31.6 Å². The molecule has 0 unspecified atom stereocenters. The quantitative estimate of drug-likeness (QED) is 0.941. The van der Waals surface area contributed by atoms with Gasteiger partial charge in [-0.3, -0.25) is 4.90 Å². The number of rotatable bonds is 3. The number of hydrogen-bond acceptors (Lipinski definition) is 2. The van der Waals surface area contributed by atoms with Crippen LogP contribution in [0.1, 0.15) is 17.0 Å². The van der Waals surface area contributed by atoms with Crippen molar-refractivity contribution in [1.82, 2.24) is 4.90 Å². The first-order chi connectivity index (χ1) is 10.1. The third-order valence-corrected chi connectivity index (χ3v) is 4.06. The van der Waals surface area contributed by atoms with Gasteiger partial charge in [-0.1, -0.05) is 36.4 Å². The normalized spacial score (nSPS) is 22.6. The summed E-state index contributed by atoms with van der Waals surface area (Å²) in [4.78, 5) is 2.19. The third-order valence-electron chi connectivity index (χ3n) is 4.06. The zero-order valence-corrected chi connectivity index (χ0v) is 11.7. The second kappa shape index (κ2) is 5.92. The molecule has 1 heterocycles. The molecule has 0 aliphatic carbocycles. The van der Waals surface area contributed by atoms with Crippen molar-refractivity contribution in [1.29, 1.82) is 0 Å². The van der Waals surface area contributed by atoms with Gasteiger partial charge in [0.2, 0.25) is 0 Å². The Bertz CT molecular complexity index is 615. The molecule has 1 saturated heterocycles. The zero-order chi connectivity index (χ0) is 14.8. The molecule has 2 N–H and O–H groups in total. The molecule has 0 saturated carbocycles. The number of nitrogens with zero attached hydrogens (tertiary/aromatic N) is 1. The van der Waals surface area contributed by atoms with Gasteiger partial charge >= 0.3 is 0 Å². The van der Waals surface area contributed by atoms with Gasteiger partial charge in [-0.05, 0) is 23.3 Å². The van der Waals surface area contributed by atoms with Crippen molar-refractivity contribution < 1.29 is 8.78 Å². The summed E-state index contributed by atoms with van der Waals surface area (Å²) in [5.74, 6) is -1.31. The summed E-state index contributed by atoms with van der Waals surface area (Å²) in [5, 5.41) is 0. The van der Waals surface area contributed by atoms with Crippen LogP contribution >= 0.6 is 0 Å². The molecule has 21 heavy (non-hydrogen) atoms.